The van der Waals surface area contributed by atoms with Crippen molar-refractivity contribution < 1.29 is 14.3 Å². The Hall–Kier alpha value is -2.04. The normalized spacial score (nSPS) is 22.1. The van der Waals surface area contributed by atoms with Gasteiger partial charge < -0.3 is 14.5 Å². The van der Waals surface area contributed by atoms with E-state index < -0.39 is 0 Å². The van der Waals surface area contributed by atoms with Crippen molar-refractivity contribution in [3.8, 4) is 5.75 Å². The summed E-state index contributed by atoms with van der Waals surface area (Å²) in [6.45, 7) is 1.41. The highest BCUT2D eigenvalue weighted by molar-refractivity contribution is 5.95. The van der Waals surface area contributed by atoms with Crippen molar-refractivity contribution in [1.29, 1.82) is 0 Å². The lowest BCUT2D eigenvalue weighted by Crippen LogP contribution is -2.56. The molecule has 1 unspecified atom stereocenters. The zero-order valence-electron chi connectivity index (χ0n) is 11.5. The number of hydrogen-bond acceptors (Lipinski definition) is 3. The van der Waals surface area contributed by atoms with Gasteiger partial charge in [-0.1, -0.05) is 12.1 Å². The monoisotopic (exact) mass is 274 g/mol. The first kappa shape index (κ1) is 13.0. The number of carbonyl (C=O) groups excluding carboxylic acids is 2. The first-order valence-electron chi connectivity index (χ1n) is 6.90. The number of amides is 2. The summed E-state index contributed by atoms with van der Waals surface area (Å²) in [6, 6.07) is 7.37. The molecular weight excluding hydrogens is 256 g/mol. The molecule has 0 spiro atoms. The molecule has 1 aromatic carbocycles. The van der Waals surface area contributed by atoms with Gasteiger partial charge in [0.25, 0.3) is 0 Å². The molecule has 1 atom stereocenters. The molecule has 2 fully saturated rings. The van der Waals surface area contributed by atoms with Crippen LogP contribution in [0.1, 0.15) is 18.4 Å². The molecule has 5 nitrogen and oxygen atoms in total. The van der Waals surface area contributed by atoms with E-state index in [1.165, 1.54) is 0 Å². The zero-order valence-corrected chi connectivity index (χ0v) is 11.5. The van der Waals surface area contributed by atoms with E-state index in [4.69, 9.17) is 4.74 Å². The van der Waals surface area contributed by atoms with Gasteiger partial charge in [0.2, 0.25) is 11.8 Å². The lowest BCUT2D eigenvalue weighted by atomic mass is 10.1. The molecule has 0 N–H and O–H groups in total. The Morgan fingerprint density at radius 1 is 1.25 bits per heavy atom. The fraction of sp³-hybridized carbons (Fsp3) is 0.467. The molecule has 106 valence electrons. The lowest BCUT2D eigenvalue weighted by molar-refractivity contribution is -0.154. The van der Waals surface area contributed by atoms with Crippen molar-refractivity contribution in [3.63, 3.8) is 0 Å². The van der Waals surface area contributed by atoms with Crippen LogP contribution >= 0.6 is 0 Å². The molecule has 2 aliphatic heterocycles. The van der Waals surface area contributed by atoms with Gasteiger partial charge in [-0.15, -0.1) is 0 Å². The Kier molecular flexibility index (Phi) is 3.34. The predicted molar refractivity (Wildman–Crippen MR) is 73.1 cm³/mol. The maximum Gasteiger partial charge on any atom is 0.246 e. The third kappa shape index (κ3) is 2.24. The molecule has 0 aliphatic carbocycles. The van der Waals surface area contributed by atoms with E-state index in [-0.39, 0.29) is 24.4 Å². The summed E-state index contributed by atoms with van der Waals surface area (Å²) in [5, 5.41) is 0. The van der Waals surface area contributed by atoms with Crippen LogP contribution in [0.5, 0.6) is 5.75 Å². The molecule has 0 aromatic heterocycles. The third-order valence-corrected chi connectivity index (χ3v) is 4.03. The van der Waals surface area contributed by atoms with Gasteiger partial charge in [0.1, 0.15) is 18.3 Å². The average molecular weight is 274 g/mol. The molecule has 2 aliphatic rings. The van der Waals surface area contributed by atoms with Gasteiger partial charge >= 0.3 is 0 Å². The molecular formula is C15H18N2O3. The third-order valence-electron chi connectivity index (χ3n) is 4.03. The van der Waals surface area contributed by atoms with Crippen LogP contribution < -0.4 is 4.74 Å². The Labute approximate surface area is 118 Å². The van der Waals surface area contributed by atoms with E-state index in [0.29, 0.717) is 6.54 Å². The van der Waals surface area contributed by atoms with Gasteiger partial charge in [0, 0.05) is 13.1 Å². The molecule has 2 saturated heterocycles. The van der Waals surface area contributed by atoms with Gasteiger partial charge in [-0.2, -0.15) is 0 Å². The second-order valence-electron chi connectivity index (χ2n) is 5.29. The summed E-state index contributed by atoms with van der Waals surface area (Å²) < 4.78 is 5.11. The van der Waals surface area contributed by atoms with Gasteiger partial charge in [0.15, 0.2) is 0 Å². The van der Waals surface area contributed by atoms with Crippen LogP contribution in [0.4, 0.5) is 0 Å². The van der Waals surface area contributed by atoms with Crippen LogP contribution in [0, 0.1) is 0 Å². The maximum absolute atomic E-state index is 12.4. The molecule has 0 saturated carbocycles. The predicted octanol–water partition coefficient (Wildman–Crippen LogP) is 1.03. The smallest absolute Gasteiger partial charge is 0.246 e. The second-order valence-corrected chi connectivity index (χ2v) is 5.29. The van der Waals surface area contributed by atoms with Crippen molar-refractivity contribution in [2.75, 3.05) is 20.2 Å². The summed E-state index contributed by atoms with van der Waals surface area (Å²) >= 11 is 0. The number of methoxy groups -OCH3 is 1. The average Bonchev–Trinajstić information content (AvgIpc) is 2.95. The van der Waals surface area contributed by atoms with Crippen LogP contribution in [-0.4, -0.2) is 47.9 Å². The Balaban J connectivity index is 1.73. The molecule has 1 aromatic rings. The zero-order chi connectivity index (χ0) is 14.1. The number of piperazine rings is 1. The SMILES string of the molecule is COc1ccc(CN2CC(=O)N3CCCC3C2=O)cc1. The summed E-state index contributed by atoms with van der Waals surface area (Å²) in [5.41, 5.74) is 1.01. The summed E-state index contributed by atoms with van der Waals surface area (Å²) in [6.07, 6.45) is 1.72. The molecule has 2 amide bonds. The molecule has 5 heteroatoms. The van der Waals surface area contributed by atoms with Crippen LogP contribution in [0.2, 0.25) is 0 Å². The minimum absolute atomic E-state index is 0.0700. The van der Waals surface area contributed by atoms with Gasteiger partial charge in [-0.25, -0.2) is 0 Å². The van der Waals surface area contributed by atoms with Crippen LogP contribution in [0.25, 0.3) is 0 Å². The molecule has 0 bridgehead atoms. The van der Waals surface area contributed by atoms with E-state index in [9.17, 15) is 9.59 Å². The van der Waals surface area contributed by atoms with Crippen LogP contribution in [0.3, 0.4) is 0 Å². The number of fused-ring (bicyclic) bond motifs is 1. The van der Waals surface area contributed by atoms with Crippen molar-refractivity contribution >= 4 is 11.8 Å². The molecule has 20 heavy (non-hydrogen) atoms. The Bertz CT molecular complexity index is 526. The fourth-order valence-corrected chi connectivity index (χ4v) is 2.95. The van der Waals surface area contributed by atoms with E-state index in [0.717, 1.165) is 30.7 Å². The highest BCUT2D eigenvalue weighted by Gasteiger charge is 2.41. The van der Waals surface area contributed by atoms with E-state index in [1.54, 1.807) is 16.9 Å². The van der Waals surface area contributed by atoms with Crippen molar-refractivity contribution in [3.05, 3.63) is 29.8 Å². The van der Waals surface area contributed by atoms with E-state index >= 15 is 0 Å². The van der Waals surface area contributed by atoms with Crippen LogP contribution in [0.15, 0.2) is 24.3 Å². The number of carbonyl (C=O) groups is 2. The van der Waals surface area contributed by atoms with Gasteiger partial charge in [0.05, 0.1) is 7.11 Å². The fourth-order valence-electron chi connectivity index (χ4n) is 2.95. The number of benzene rings is 1. The highest BCUT2D eigenvalue weighted by atomic mass is 16.5. The number of ether oxygens (including phenoxy) is 1. The second kappa shape index (κ2) is 5.15. The summed E-state index contributed by atoms with van der Waals surface area (Å²) in [4.78, 5) is 27.8. The topological polar surface area (TPSA) is 49.9 Å². The van der Waals surface area contributed by atoms with Gasteiger partial charge in [-0.3, -0.25) is 9.59 Å². The molecule has 0 radical (unpaired) electrons. The van der Waals surface area contributed by atoms with E-state index in [2.05, 4.69) is 0 Å². The minimum atomic E-state index is -0.227. The number of nitrogens with zero attached hydrogens (tertiary/aromatic N) is 2. The quantitative estimate of drug-likeness (QED) is 0.827. The number of hydrogen-bond donors (Lipinski definition) is 0. The summed E-state index contributed by atoms with van der Waals surface area (Å²) in [7, 11) is 1.62. The Morgan fingerprint density at radius 2 is 2.00 bits per heavy atom. The largest absolute Gasteiger partial charge is 0.497 e. The van der Waals surface area contributed by atoms with Crippen molar-refractivity contribution in [2.24, 2.45) is 0 Å². The Morgan fingerprint density at radius 3 is 2.70 bits per heavy atom. The molecule has 3 rings (SSSR count). The first-order chi connectivity index (χ1) is 9.69. The van der Waals surface area contributed by atoms with E-state index in [1.807, 2.05) is 24.3 Å². The van der Waals surface area contributed by atoms with Crippen LogP contribution in [-0.2, 0) is 16.1 Å². The van der Waals surface area contributed by atoms with Crippen molar-refractivity contribution in [2.45, 2.75) is 25.4 Å². The maximum atomic E-state index is 12.4. The van der Waals surface area contributed by atoms with Gasteiger partial charge in [-0.05, 0) is 30.5 Å². The molecule has 2 heterocycles. The van der Waals surface area contributed by atoms with Crippen molar-refractivity contribution in [1.82, 2.24) is 9.80 Å². The standard InChI is InChI=1S/C15H18N2O3/c1-20-12-6-4-11(5-7-12)9-16-10-14(18)17-8-2-3-13(17)15(16)19/h4-7,13H,2-3,8-10H2,1H3. The lowest BCUT2D eigenvalue weighted by Gasteiger charge is -2.36. The number of rotatable bonds is 3. The first-order valence-corrected chi connectivity index (χ1v) is 6.90. The summed E-state index contributed by atoms with van der Waals surface area (Å²) in [5.74, 6) is 0.940. The highest BCUT2D eigenvalue weighted by Crippen LogP contribution is 2.25. The minimum Gasteiger partial charge on any atom is -0.497 e.